The van der Waals surface area contributed by atoms with Gasteiger partial charge >= 0.3 is 0 Å². The fourth-order valence-corrected chi connectivity index (χ4v) is 2.52. The molecule has 76 valence electrons. The number of hydrogen-bond donors (Lipinski definition) is 0. The SMILES string of the molecule is FC1(F)CCN(CC2CCCC2)C1. The monoisotopic (exact) mass is 189 g/mol. The van der Waals surface area contributed by atoms with Gasteiger partial charge in [-0.25, -0.2) is 8.78 Å². The minimum atomic E-state index is -2.40. The molecule has 1 saturated carbocycles. The van der Waals surface area contributed by atoms with Crippen LogP contribution in [0.25, 0.3) is 0 Å². The lowest BCUT2D eigenvalue weighted by atomic mass is 10.1. The molecule has 0 radical (unpaired) electrons. The Morgan fingerprint density at radius 2 is 1.92 bits per heavy atom. The highest BCUT2D eigenvalue weighted by atomic mass is 19.3. The summed E-state index contributed by atoms with van der Waals surface area (Å²) in [6.45, 7) is 1.52. The largest absolute Gasteiger partial charge is 0.297 e. The zero-order valence-corrected chi connectivity index (χ0v) is 7.94. The predicted molar refractivity (Wildman–Crippen MR) is 48.0 cm³/mol. The molecular formula is C10H17F2N. The molecule has 0 unspecified atom stereocenters. The highest BCUT2D eigenvalue weighted by molar-refractivity contribution is 4.83. The van der Waals surface area contributed by atoms with Crippen molar-refractivity contribution < 1.29 is 8.78 Å². The van der Waals surface area contributed by atoms with Gasteiger partial charge < -0.3 is 0 Å². The van der Waals surface area contributed by atoms with E-state index in [1.165, 1.54) is 25.7 Å². The Bertz CT molecular complexity index is 176. The Labute approximate surface area is 78.1 Å². The normalized spacial score (nSPS) is 30.0. The maximum atomic E-state index is 12.8. The average Bonchev–Trinajstić information content (AvgIpc) is 2.61. The fourth-order valence-electron chi connectivity index (χ4n) is 2.52. The van der Waals surface area contributed by atoms with Crippen LogP contribution < -0.4 is 0 Å². The van der Waals surface area contributed by atoms with Crippen molar-refractivity contribution in [2.75, 3.05) is 19.6 Å². The van der Waals surface area contributed by atoms with Gasteiger partial charge in [0.2, 0.25) is 0 Å². The standard InChI is InChI=1S/C10H17F2N/c11-10(12)5-6-13(8-10)7-9-3-1-2-4-9/h9H,1-8H2. The molecule has 0 bridgehead atoms. The fraction of sp³-hybridized carbons (Fsp3) is 1.00. The summed E-state index contributed by atoms with van der Waals surface area (Å²) < 4.78 is 25.7. The maximum absolute atomic E-state index is 12.8. The van der Waals surface area contributed by atoms with Crippen LogP contribution >= 0.6 is 0 Å². The van der Waals surface area contributed by atoms with Crippen LogP contribution in [0.2, 0.25) is 0 Å². The van der Waals surface area contributed by atoms with E-state index >= 15 is 0 Å². The molecule has 2 aliphatic rings. The van der Waals surface area contributed by atoms with Crippen molar-refractivity contribution in [3.8, 4) is 0 Å². The van der Waals surface area contributed by atoms with Crippen molar-refractivity contribution >= 4 is 0 Å². The molecule has 0 spiro atoms. The van der Waals surface area contributed by atoms with E-state index in [0.717, 1.165) is 6.54 Å². The third-order valence-corrected chi connectivity index (χ3v) is 3.24. The average molecular weight is 189 g/mol. The van der Waals surface area contributed by atoms with E-state index in [9.17, 15) is 8.78 Å². The van der Waals surface area contributed by atoms with Gasteiger partial charge in [0.25, 0.3) is 5.92 Å². The molecule has 1 saturated heterocycles. The van der Waals surface area contributed by atoms with Crippen molar-refractivity contribution in [2.45, 2.75) is 38.0 Å². The first-order valence-corrected chi connectivity index (χ1v) is 5.26. The van der Waals surface area contributed by atoms with Crippen LogP contribution in [0, 0.1) is 5.92 Å². The Kier molecular flexibility index (Phi) is 2.54. The third-order valence-electron chi connectivity index (χ3n) is 3.24. The van der Waals surface area contributed by atoms with Gasteiger partial charge in [-0.2, -0.15) is 0 Å². The van der Waals surface area contributed by atoms with Crippen molar-refractivity contribution in [3.05, 3.63) is 0 Å². The smallest absolute Gasteiger partial charge is 0.261 e. The van der Waals surface area contributed by atoms with Crippen LogP contribution in [0.15, 0.2) is 0 Å². The van der Waals surface area contributed by atoms with Crippen LogP contribution in [0.3, 0.4) is 0 Å². The van der Waals surface area contributed by atoms with E-state index < -0.39 is 5.92 Å². The van der Waals surface area contributed by atoms with Gasteiger partial charge in [0, 0.05) is 19.5 Å². The second-order valence-corrected chi connectivity index (χ2v) is 4.49. The topological polar surface area (TPSA) is 3.24 Å². The van der Waals surface area contributed by atoms with E-state index in [4.69, 9.17) is 0 Å². The lowest BCUT2D eigenvalue weighted by molar-refractivity contribution is 0.0109. The Balaban J connectivity index is 1.77. The minimum Gasteiger partial charge on any atom is -0.297 e. The van der Waals surface area contributed by atoms with E-state index in [0.29, 0.717) is 12.5 Å². The van der Waals surface area contributed by atoms with Crippen molar-refractivity contribution in [1.29, 1.82) is 0 Å². The zero-order valence-electron chi connectivity index (χ0n) is 7.94. The molecule has 0 aromatic rings. The summed E-state index contributed by atoms with van der Waals surface area (Å²) in [7, 11) is 0. The van der Waals surface area contributed by atoms with Gasteiger partial charge in [-0.1, -0.05) is 12.8 Å². The summed E-state index contributed by atoms with van der Waals surface area (Å²) in [6, 6.07) is 0. The lowest BCUT2D eigenvalue weighted by Gasteiger charge is -2.19. The number of halogens is 2. The summed E-state index contributed by atoms with van der Waals surface area (Å²) in [6.07, 6.45) is 5.17. The third kappa shape index (κ3) is 2.39. The Morgan fingerprint density at radius 3 is 2.46 bits per heavy atom. The number of likely N-dealkylation sites (tertiary alicyclic amines) is 1. The summed E-state index contributed by atoms with van der Waals surface area (Å²) in [5, 5.41) is 0. The van der Waals surface area contributed by atoms with Gasteiger partial charge in [0.1, 0.15) is 0 Å². The molecule has 2 fully saturated rings. The van der Waals surface area contributed by atoms with Crippen molar-refractivity contribution in [1.82, 2.24) is 4.90 Å². The van der Waals surface area contributed by atoms with E-state index in [2.05, 4.69) is 0 Å². The molecule has 1 aliphatic carbocycles. The Hall–Kier alpha value is -0.180. The van der Waals surface area contributed by atoms with Crippen molar-refractivity contribution in [2.24, 2.45) is 5.92 Å². The molecule has 0 N–H and O–H groups in total. The molecule has 13 heavy (non-hydrogen) atoms. The highest BCUT2D eigenvalue weighted by Gasteiger charge is 2.38. The van der Waals surface area contributed by atoms with Gasteiger partial charge in [0.05, 0.1) is 6.54 Å². The van der Waals surface area contributed by atoms with E-state index in [1.54, 1.807) is 0 Å². The first-order chi connectivity index (χ1) is 6.16. The lowest BCUT2D eigenvalue weighted by Crippen LogP contribution is -2.29. The molecule has 1 heterocycles. The number of hydrogen-bond acceptors (Lipinski definition) is 1. The highest BCUT2D eigenvalue weighted by Crippen LogP contribution is 2.31. The molecular weight excluding hydrogens is 172 g/mol. The molecule has 0 aromatic carbocycles. The summed E-state index contributed by atoms with van der Waals surface area (Å²) in [5.74, 6) is -1.70. The quantitative estimate of drug-likeness (QED) is 0.645. The van der Waals surface area contributed by atoms with Crippen LogP contribution in [-0.4, -0.2) is 30.5 Å². The van der Waals surface area contributed by atoms with Crippen LogP contribution in [0.4, 0.5) is 8.78 Å². The first-order valence-electron chi connectivity index (χ1n) is 5.26. The molecule has 1 aliphatic heterocycles. The molecule has 0 aromatic heterocycles. The predicted octanol–water partition coefficient (Wildman–Crippen LogP) is 2.52. The Morgan fingerprint density at radius 1 is 1.23 bits per heavy atom. The molecule has 0 amide bonds. The zero-order chi connectivity index (χ0) is 9.31. The number of nitrogens with zero attached hydrogens (tertiary/aromatic N) is 1. The van der Waals surface area contributed by atoms with Gasteiger partial charge in [-0.05, 0) is 18.8 Å². The van der Waals surface area contributed by atoms with Crippen LogP contribution in [-0.2, 0) is 0 Å². The van der Waals surface area contributed by atoms with Crippen LogP contribution in [0.1, 0.15) is 32.1 Å². The molecule has 0 atom stereocenters. The number of rotatable bonds is 2. The van der Waals surface area contributed by atoms with E-state index in [-0.39, 0.29) is 13.0 Å². The van der Waals surface area contributed by atoms with Gasteiger partial charge in [0.15, 0.2) is 0 Å². The van der Waals surface area contributed by atoms with E-state index in [1.807, 2.05) is 4.90 Å². The van der Waals surface area contributed by atoms with Gasteiger partial charge in [-0.3, -0.25) is 4.90 Å². The maximum Gasteiger partial charge on any atom is 0.261 e. The molecule has 2 rings (SSSR count). The van der Waals surface area contributed by atoms with Crippen LogP contribution in [0.5, 0.6) is 0 Å². The summed E-state index contributed by atoms with van der Waals surface area (Å²) >= 11 is 0. The molecule has 1 nitrogen and oxygen atoms in total. The minimum absolute atomic E-state index is 0.00347. The molecule has 3 heteroatoms. The van der Waals surface area contributed by atoms with Crippen molar-refractivity contribution in [3.63, 3.8) is 0 Å². The second-order valence-electron chi connectivity index (χ2n) is 4.49. The first kappa shape index (κ1) is 9.38. The van der Waals surface area contributed by atoms with Gasteiger partial charge in [-0.15, -0.1) is 0 Å². The number of alkyl halides is 2. The second kappa shape index (κ2) is 3.52. The summed E-state index contributed by atoms with van der Waals surface area (Å²) in [5.41, 5.74) is 0. The summed E-state index contributed by atoms with van der Waals surface area (Å²) in [4.78, 5) is 1.94.